The molecule has 1 heterocycles. The highest BCUT2D eigenvalue weighted by Crippen LogP contribution is 2.40. The molecule has 0 bridgehead atoms. The maximum absolute atomic E-state index is 12.4. The number of halogens is 1. The van der Waals surface area contributed by atoms with Crippen LogP contribution in [0.2, 0.25) is 0 Å². The molecule has 0 fully saturated rings. The van der Waals surface area contributed by atoms with Gasteiger partial charge in [-0.1, -0.05) is 48.0 Å². The first-order valence-electron chi connectivity index (χ1n) is 7.75. The van der Waals surface area contributed by atoms with Crippen molar-refractivity contribution in [3.05, 3.63) is 81.7 Å². The quantitative estimate of drug-likeness (QED) is 0.758. The summed E-state index contributed by atoms with van der Waals surface area (Å²) >= 11 is 7.81. The lowest BCUT2D eigenvalue weighted by atomic mass is 9.88. The van der Waals surface area contributed by atoms with Gasteiger partial charge in [-0.15, -0.1) is 0 Å². The SMILES string of the molecule is COC1(Cl)C=C(NC(=O)c2cscc2C(=O)O)C=CC1c1ccccc1. The number of aromatic carboxylic acids is 1. The van der Waals surface area contributed by atoms with Crippen LogP contribution in [0.4, 0.5) is 0 Å². The third-order valence-electron chi connectivity index (χ3n) is 4.11. The summed E-state index contributed by atoms with van der Waals surface area (Å²) in [5, 5.41) is 13.6. The molecule has 0 spiro atoms. The van der Waals surface area contributed by atoms with Gasteiger partial charge in [-0.25, -0.2) is 4.79 Å². The molecule has 7 heteroatoms. The van der Waals surface area contributed by atoms with Gasteiger partial charge in [0.15, 0.2) is 5.06 Å². The van der Waals surface area contributed by atoms with E-state index in [1.165, 1.54) is 17.9 Å². The number of amides is 1. The summed E-state index contributed by atoms with van der Waals surface area (Å²) in [4.78, 5) is 23.6. The Bertz CT molecular complexity index is 890. The van der Waals surface area contributed by atoms with Crippen molar-refractivity contribution in [3.8, 4) is 0 Å². The van der Waals surface area contributed by atoms with E-state index in [1.807, 2.05) is 36.4 Å². The monoisotopic (exact) mass is 389 g/mol. The number of carbonyl (C=O) groups is 2. The summed E-state index contributed by atoms with van der Waals surface area (Å²) in [6.45, 7) is 0. The van der Waals surface area contributed by atoms with Gasteiger partial charge in [-0.3, -0.25) is 4.79 Å². The summed E-state index contributed by atoms with van der Waals surface area (Å²) in [6, 6.07) is 9.66. The topological polar surface area (TPSA) is 75.6 Å². The maximum Gasteiger partial charge on any atom is 0.337 e. The Morgan fingerprint density at radius 3 is 2.58 bits per heavy atom. The number of allylic oxidation sites excluding steroid dienone is 1. The second kappa shape index (κ2) is 7.45. The van der Waals surface area contributed by atoms with Crippen LogP contribution in [-0.4, -0.2) is 29.2 Å². The number of carbonyl (C=O) groups excluding carboxylic acids is 1. The second-order valence-corrected chi connectivity index (χ2v) is 7.04. The molecule has 0 saturated heterocycles. The van der Waals surface area contributed by atoms with Gasteiger partial charge in [-0.2, -0.15) is 11.3 Å². The van der Waals surface area contributed by atoms with Crippen molar-refractivity contribution in [2.75, 3.05) is 7.11 Å². The van der Waals surface area contributed by atoms with Crippen LogP contribution in [-0.2, 0) is 4.74 Å². The van der Waals surface area contributed by atoms with Crippen molar-refractivity contribution < 1.29 is 19.4 Å². The third-order valence-corrected chi connectivity index (χ3v) is 5.35. The molecule has 3 rings (SSSR count). The number of rotatable bonds is 5. The molecule has 0 saturated carbocycles. The molecular weight excluding hydrogens is 374 g/mol. The van der Waals surface area contributed by atoms with Crippen molar-refractivity contribution in [2.24, 2.45) is 0 Å². The molecule has 1 aromatic heterocycles. The minimum Gasteiger partial charge on any atom is -0.478 e. The van der Waals surface area contributed by atoms with Crippen molar-refractivity contribution in [1.29, 1.82) is 0 Å². The number of hydrogen-bond donors (Lipinski definition) is 2. The number of carboxylic acid groups (broad SMARTS) is 1. The molecule has 0 radical (unpaired) electrons. The number of hydrogen-bond acceptors (Lipinski definition) is 4. The fraction of sp³-hybridized carbons (Fsp3) is 0.158. The van der Waals surface area contributed by atoms with E-state index in [1.54, 1.807) is 12.2 Å². The van der Waals surface area contributed by atoms with Gasteiger partial charge in [0.2, 0.25) is 0 Å². The van der Waals surface area contributed by atoms with Crippen LogP contribution in [0, 0.1) is 0 Å². The van der Waals surface area contributed by atoms with E-state index in [-0.39, 0.29) is 17.0 Å². The minimum absolute atomic E-state index is 0.0288. The van der Waals surface area contributed by atoms with E-state index < -0.39 is 16.9 Å². The Morgan fingerprint density at radius 1 is 1.23 bits per heavy atom. The predicted octanol–water partition coefficient (Wildman–Crippen LogP) is 4.00. The fourth-order valence-corrected chi connectivity index (χ4v) is 3.90. The smallest absolute Gasteiger partial charge is 0.337 e. The van der Waals surface area contributed by atoms with Crippen LogP contribution in [0.15, 0.2) is 65.0 Å². The maximum atomic E-state index is 12.4. The first-order valence-corrected chi connectivity index (χ1v) is 9.07. The normalized spacial score (nSPS) is 21.9. The summed E-state index contributed by atoms with van der Waals surface area (Å²) < 4.78 is 5.50. The zero-order chi connectivity index (χ0) is 18.7. The number of ether oxygens (including phenoxy) is 1. The lowest BCUT2D eigenvalue weighted by Crippen LogP contribution is -2.34. The van der Waals surface area contributed by atoms with Crippen LogP contribution < -0.4 is 5.32 Å². The minimum atomic E-state index is -1.16. The number of benzene rings is 1. The van der Waals surface area contributed by atoms with Gasteiger partial charge in [0.1, 0.15) is 0 Å². The Balaban J connectivity index is 1.84. The van der Waals surface area contributed by atoms with E-state index in [4.69, 9.17) is 21.4 Å². The molecule has 1 aromatic carbocycles. The van der Waals surface area contributed by atoms with Gasteiger partial charge in [0.25, 0.3) is 5.91 Å². The molecule has 1 amide bonds. The first kappa shape index (κ1) is 18.4. The third kappa shape index (κ3) is 3.58. The molecular formula is C19H16ClNO4S. The Hall–Kier alpha value is -2.41. The number of thiophene rings is 1. The zero-order valence-electron chi connectivity index (χ0n) is 13.8. The van der Waals surface area contributed by atoms with Crippen LogP contribution in [0.25, 0.3) is 0 Å². The summed E-state index contributed by atoms with van der Waals surface area (Å²) in [5.74, 6) is -1.88. The van der Waals surface area contributed by atoms with E-state index >= 15 is 0 Å². The predicted molar refractivity (Wildman–Crippen MR) is 101 cm³/mol. The Morgan fingerprint density at radius 2 is 1.92 bits per heavy atom. The summed E-state index contributed by atoms with van der Waals surface area (Å²) in [7, 11) is 1.50. The van der Waals surface area contributed by atoms with Crippen LogP contribution in [0.5, 0.6) is 0 Å². The van der Waals surface area contributed by atoms with Crippen LogP contribution >= 0.6 is 22.9 Å². The molecule has 5 nitrogen and oxygen atoms in total. The van der Waals surface area contributed by atoms with Crippen molar-refractivity contribution in [1.82, 2.24) is 5.32 Å². The van der Waals surface area contributed by atoms with Crippen LogP contribution in [0.1, 0.15) is 32.2 Å². The van der Waals surface area contributed by atoms with E-state index in [9.17, 15) is 9.59 Å². The molecule has 1 aliphatic rings. The van der Waals surface area contributed by atoms with Gasteiger partial charge in [-0.05, 0) is 17.7 Å². The van der Waals surface area contributed by atoms with Crippen molar-refractivity contribution >= 4 is 34.8 Å². The molecule has 2 N–H and O–H groups in total. The largest absolute Gasteiger partial charge is 0.478 e. The molecule has 2 atom stereocenters. The number of methoxy groups -OCH3 is 1. The highest BCUT2D eigenvalue weighted by Gasteiger charge is 2.37. The molecule has 2 unspecified atom stereocenters. The summed E-state index contributed by atoms with van der Waals surface area (Å²) in [5.41, 5.74) is 1.51. The Kier molecular flexibility index (Phi) is 5.27. The zero-order valence-corrected chi connectivity index (χ0v) is 15.4. The van der Waals surface area contributed by atoms with Gasteiger partial charge in [0, 0.05) is 29.5 Å². The average molecular weight is 390 g/mol. The summed E-state index contributed by atoms with van der Waals surface area (Å²) in [6.07, 6.45) is 5.21. The van der Waals surface area contributed by atoms with Gasteiger partial charge >= 0.3 is 5.97 Å². The molecule has 2 aromatic rings. The fourth-order valence-electron chi connectivity index (χ4n) is 2.78. The van der Waals surface area contributed by atoms with Crippen molar-refractivity contribution in [2.45, 2.75) is 11.0 Å². The lowest BCUT2D eigenvalue weighted by molar-refractivity contribution is 0.0691. The van der Waals surface area contributed by atoms with E-state index in [0.29, 0.717) is 5.70 Å². The first-order chi connectivity index (χ1) is 12.4. The van der Waals surface area contributed by atoms with E-state index in [0.717, 1.165) is 16.9 Å². The number of alkyl halides is 1. The highest BCUT2D eigenvalue weighted by atomic mass is 35.5. The second-order valence-electron chi connectivity index (χ2n) is 5.71. The van der Waals surface area contributed by atoms with Gasteiger partial charge < -0.3 is 15.2 Å². The van der Waals surface area contributed by atoms with Gasteiger partial charge in [0.05, 0.1) is 11.1 Å². The molecule has 1 aliphatic carbocycles. The number of nitrogens with one attached hydrogen (secondary N) is 1. The standard InChI is InChI=1S/C19H16ClNO4S/c1-25-19(20)9-13(7-8-16(19)12-5-3-2-4-6-12)21-17(22)14-10-26-11-15(14)18(23)24/h2-11,16H,1H3,(H,21,22)(H,23,24). The average Bonchev–Trinajstić information content (AvgIpc) is 3.13. The van der Waals surface area contributed by atoms with Crippen molar-refractivity contribution in [3.63, 3.8) is 0 Å². The number of carboxylic acids is 1. The van der Waals surface area contributed by atoms with Crippen LogP contribution in [0.3, 0.4) is 0 Å². The Labute approximate surface area is 159 Å². The molecule has 134 valence electrons. The lowest BCUT2D eigenvalue weighted by Gasteiger charge is -2.33. The highest BCUT2D eigenvalue weighted by molar-refractivity contribution is 7.08. The molecule has 26 heavy (non-hydrogen) atoms. The molecule has 0 aliphatic heterocycles. The van der Waals surface area contributed by atoms with E-state index in [2.05, 4.69) is 5.32 Å².